The summed E-state index contributed by atoms with van der Waals surface area (Å²) in [5.41, 5.74) is 0. The van der Waals surface area contributed by atoms with Crippen LogP contribution < -0.4 is 5.32 Å². The summed E-state index contributed by atoms with van der Waals surface area (Å²) in [6.45, 7) is 4.84. The Balaban J connectivity index is 3.61. The molecule has 0 rings (SSSR count). The number of nitrogens with one attached hydrogen (secondary N) is 1. The molecule has 0 radical (unpaired) electrons. The van der Waals surface area contributed by atoms with Crippen LogP contribution in [0.5, 0.6) is 0 Å². The fourth-order valence-electron chi connectivity index (χ4n) is 0.804. The molecule has 0 bridgehead atoms. The molecule has 0 aromatic carbocycles. The minimum absolute atomic E-state index is 0.0914. The van der Waals surface area contributed by atoms with E-state index in [2.05, 4.69) is 5.32 Å². The molecule has 0 saturated heterocycles. The number of amides is 1. The van der Waals surface area contributed by atoms with Gasteiger partial charge in [-0.2, -0.15) is 0 Å². The fourth-order valence-corrected chi connectivity index (χ4v) is 0.804. The van der Waals surface area contributed by atoms with E-state index in [9.17, 15) is 9.59 Å². The van der Waals surface area contributed by atoms with Crippen molar-refractivity contribution in [2.45, 2.75) is 39.8 Å². The molecule has 0 aliphatic heterocycles. The smallest absolute Gasteiger partial charge is 0.304 e. The Morgan fingerprint density at radius 2 is 2.08 bits per heavy atom. The number of hydrogen-bond donors (Lipinski definition) is 1. The number of esters is 1. The fraction of sp³-hybridized carbons (Fsp3) is 0.750. The summed E-state index contributed by atoms with van der Waals surface area (Å²) in [6.07, 6.45) is 0.728. The summed E-state index contributed by atoms with van der Waals surface area (Å²) < 4.78 is 4.70. The largest absolute Gasteiger partial charge is 0.442 e. The van der Waals surface area contributed by atoms with Crippen molar-refractivity contribution in [2.24, 2.45) is 0 Å². The average Bonchev–Trinajstić information content (AvgIpc) is 1.84. The van der Waals surface area contributed by atoms with E-state index < -0.39 is 6.23 Å². The normalized spacial score (nSPS) is 11.9. The molecule has 70 valence electrons. The van der Waals surface area contributed by atoms with E-state index >= 15 is 0 Å². The van der Waals surface area contributed by atoms with Gasteiger partial charge in [0.25, 0.3) is 0 Å². The summed E-state index contributed by atoms with van der Waals surface area (Å²) in [5.74, 6) is -0.481. The zero-order valence-corrected chi connectivity index (χ0v) is 7.72. The van der Waals surface area contributed by atoms with Gasteiger partial charge in [0, 0.05) is 13.3 Å². The lowest BCUT2D eigenvalue weighted by molar-refractivity contribution is -0.148. The van der Waals surface area contributed by atoms with Gasteiger partial charge in [0.1, 0.15) is 0 Å². The Hall–Kier alpha value is -1.06. The molecule has 0 spiro atoms. The molecular formula is C8H15NO3. The van der Waals surface area contributed by atoms with E-state index in [4.69, 9.17) is 4.74 Å². The lowest BCUT2D eigenvalue weighted by atomic mass is 10.3. The molecule has 1 N–H and O–H groups in total. The predicted molar refractivity (Wildman–Crippen MR) is 44.3 cm³/mol. The van der Waals surface area contributed by atoms with E-state index in [0.717, 1.165) is 6.42 Å². The maximum absolute atomic E-state index is 10.9. The first-order chi connectivity index (χ1) is 5.56. The summed E-state index contributed by atoms with van der Waals surface area (Å²) in [6, 6.07) is 0. The summed E-state index contributed by atoms with van der Waals surface area (Å²) in [4.78, 5) is 21.4. The van der Waals surface area contributed by atoms with E-state index in [-0.39, 0.29) is 11.9 Å². The Morgan fingerprint density at radius 3 is 2.50 bits per heavy atom. The van der Waals surface area contributed by atoms with E-state index in [0.29, 0.717) is 6.42 Å². The van der Waals surface area contributed by atoms with Gasteiger partial charge in [0.15, 0.2) is 6.23 Å². The molecule has 0 aromatic rings. The Morgan fingerprint density at radius 1 is 1.50 bits per heavy atom. The van der Waals surface area contributed by atoms with Crippen molar-refractivity contribution in [3.8, 4) is 0 Å². The topological polar surface area (TPSA) is 55.4 Å². The molecular weight excluding hydrogens is 158 g/mol. The third kappa shape index (κ3) is 5.70. The van der Waals surface area contributed by atoms with Gasteiger partial charge in [-0.05, 0) is 13.3 Å². The first-order valence-corrected chi connectivity index (χ1v) is 4.02. The maximum atomic E-state index is 10.9. The molecule has 4 heteroatoms. The van der Waals surface area contributed by atoms with Crippen molar-refractivity contribution in [3.63, 3.8) is 0 Å². The third-order valence-electron chi connectivity index (χ3n) is 1.18. The zero-order valence-electron chi connectivity index (χ0n) is 7.72. The molecule has 0 aliphatic rings. The van der Waals surface area contributed by atoms with Gasteiger partial charge in [0.2, 0.25) is 5.91 Å². The lowest BCUT2D eigenvalue weighted by Gasteiger charge is -2.12. The highest BCUT2D eigenvalue weighted by Gasteiger charge is 2.07. The molecule has 1 amide bonds. The lowest BCUT2D eigenvalue weighted by Crippen LogP contribution is -2.35. The quantitative estimate of drug-likeness (QED) is 0.505. The van der Waals surface area contributed by atoms with Crippen LogP contribution in [0.25, 0.3) is 0 Å². The second-order valence-electron chi connectivity index (χ2n) is 2.57. The van der Waals surface area contributed by atoms with Crippen LogP contribution in [0.4, 0.5) is 0 Å². The van der Waals surface area contributed by atoms with Crippen LogP contribution in [0.2, 0.25) is 0 Å². The number of hydrogen-bond acceptors (Lipinski definition) is 3. The number of ether oxygens (including phenoxy) is 1. The highest BCUT2D eigenvalue weighted by atomic mass is 16.6. The maximum Gasteiger partial charge on any atom is 0.304 e. The van der Waals surface area contributed by atoms with Crippen molar-refractivity contribution in [1.29, 1.82) is 0 Å². The second kappa shape index (κ2) is 5.57. The molecule has 12 heavy (non-hydrogen) atoms. The molecule has 0 aliphatic carbocycles. The number of carbonyl (C=O) groups is 2. The average molecular weight is 173 g/mol. The first kappa shape index (κ1) is 10.9. The molecule has 0 heterocycles. The van der Waals surface area contributed by atoms with Crippen molar-refractivity contribution in [1.82, 2.24) is 5.32 Å². The van der Waals surface area contributed by atoms with Crippen LogP contribution in [0.15, 0.2) is 0 Å². The van der Waals surface area contributed by atoms with Crippen LogP contribution in [0, 0.1) is 0 Å². The van der Waals surface area contributed by atoms with Crippen molar-refractivity contribution in [2.75, 3.05) is 0 Å². The van der Waals surface area contributed by atoms with E-state index in [1.807, 2.05) is 6.92 Å². The van der Waals surface area contributed by atoms with Crippen molar-refractivity contribution < 1.29 is 14.3 Å². The predicted octanol–water partition coefficient (Wildman–Crippen LogP) is 0.812. The van der Waals surface area contributed by atoms with Gasteiger partial charge in [-0.15, -0.1) is 0 Å². The van der Waals surface area contributed by atoms with Gasteiger partial charge in [0.05, 0.1) is 0 Å². The van der Waals surface area contributed by atoms with Crippen molar-refractivity contribution >= 4 is 11.9 Å². The molecule has 0 saturated carbocycles. The summed E-state index contributed by atoms with van der Waals surface area (Å²) >= 11 is 0. The second-order valence-corrected chi connectivity index (χ2v) is 2.57. The Labute approximate surface area is 72.3 Å². The van der Waals surface area contributed by atoms with Crippen molar-refractivity contribution in [3.05, 3.63) is 0 Å². The standard InChI is InChI=1S/C8H15NO3/c1-4-5-8(11)9-6(2)12-7(3)10/h6H,4-5H2,1-3H3,(H,9,11). The first-order valence-electron chi connectivity index (χ1n) is 4.02. The van der Waals surface area contributed by atoms with Crippen LogP contribution in [-0.2, 0) is 14.3 Å². The SMILES string of the molecule is CCCC(=O)NC(C)OC(C)=O. The highest BCUT2D eigenvalue weighted by Crippen LogP contribution is 1.90. The molecule has 1 unspecified atom stereocenters. The Kier molecular flexibility index (Phi) is 5.08. The third-order valence-corrected chi connectivity index (χ3v) is 1.18. The summed E-state index contributed by atoms with van der Waals surface area (Å²) in [7, 11) is 0. The molecule has 1 atom stereocenters. The van der Waals surface area contributed by atoms with Crippen LogP contribution in [0.1, 0.15) is 33.6 Å². The monoisotopic (exact) mass is 173 g/mol. The summed E-state index contributed by atoms with van der Waals surface area (Å²) in [5, 5.41) is 2.53. The minimum atomic E-state index is -0.526. The van der Waals surface area contributed by atoms with Gasteiger partial charge >= 0.3 is 5.97 Å². The number of rotatable bonds is 4. The van der Waals surface area contributed by atoms with Gasteiger partial charge < -0.3 is 10.1 Å². The van der Waals surface area contributed by atoms with Gasteiger partial charge in [-0.25, -0.2) is 0 Å². The molecule has 4 nitrogen and oxygen atoms in total. The molecule has 0 aromatic heterocycles. The van der Waals surface area contributed by atoms with E-state index in [1.54, 1.807) is 6.92 Å². The van der Waals surface area contributed by atoms with E-state index in [1.165, 1.54) is 6.92 Å². The van der Waals surface area contributed by atoms with Crippen LogP contribution >= 0.6 is 0 Å². The highest BCUT2D eigenvalue weighted by molar-refractivity contribution is 5.76. The van der Waals surface area contributed by atoms with Gasteiger partial charge in [-0.1, -0.05) is 6.92 Å². The Bertz CT molecular complexity index is 168. The van der Waals surface area contributed by atoms with Crippen LogP contribution in [0.3, 0.4) is 0 Å². The van der Waals surface area contributed by atoms with Gasteiger partial charge in [-0.3, -0.25) is 9.59 Å². The van der Waals surface area contributed by atoms with Crippen LogP contribution in [-0.4, -0.2) is 18.1 Å². The minimum Gasteiger partial charge on any atom is -0.442 e. The zero-order chi connectivity index (χ0) is 9.56. The molecule has 0 fully saturated rings. The number of carbonyl (C=O) groups excluding carboxylic acids is 2.